The lowest BCUT2D eigenvalue weighted by atomic mass is 10.0. The Bertz CT molecular complexity index is 3440. The molecule has 0 aliphatic rings. The Hall–Kier alpha value is -6.31. The standard InChI is InChI=1S/C49H28N2OS3/c1-2-8-30(9-3-1)49-50-48-45(55-49)25-24-44-47(48)39-26-31(16-23-43(39)53-44)29-14-17-32(18-15-29)51(33-20-22-41-38(27-33)35-10-4-6-12-40(35)52-41)34-19-21-37-36-11-5-7-13-42(36)54-46(37)28-34/h1-28H. The second kappa shape index (κ2) is 12.1. The van der Waals surface area contributed by atoms with Gasteiger partial charge in [0, 0.05) is 73.7 Å². The van der Waals surface area contributed by atoms with Crippen LogP contribution in [-0.2, 0) is 0 Å². The number of aromatic nitrogens is 1. The second-order valence-corrected chi connectivity index (χ2v) is 17.1. The van der Waals surface area contributed by atoms with Crippen molar-refractivity contribution in [1.82, 2.24) is 4.98 Å². The van der Waals surface area contributed by atoms with Gasteiger partial charge in [-0.3, -0.25) is 0 Å². The Morgan fingerprint density at radius 1 is 0.382 bits per heavy atom. The van der Waals surface area contributed by atoms with Crippen molar-refractivity contribution in [3.8, 4) is 21.7 Å². The Morgan fingerprint density at radius 3 is 1.95 bits per heavy atom. The lowest BCUT2D eigenvalue weighted by Crippen LogP contribution is -2.09. The highest BCUT2D eigenvalue weighted by atomic mass is 32.1. The minimum atomic E-state index is 0.891. The number of thiophene rings is 2. The minimum Gasteiger partial charge on any atom is -0.456 e. The number of fused-ring (bicyclic) bond motifs is 11. The van der Waals surface area contributed by atoms with Gasteiger partial charge in [0.2, 0.25) is 0 Å². The monoisotopic (exact) mass is 756 g/mol. The van der Waals surface area contributed by atoms with Gasteiger partial charge in [-0.15, -0.1) is 34.0 Å². The summed E-state index contributed by atoms with van der Waals surface area (Å²) in [6.07, 6.45) is 0. The Balaban J connectivity index is 0.984. The molecule has 258 valence electrons. The molecule has 0 bridgehead atoms. The van der Waals surface area contributed by atoms with Crippen molar-refractivity contribution >= 4 is 124 Å². The fraction of sp³-hybridized carbons (Fsp3) is 0. The van der Waals surface area contributed by atoms with Crippen molar-refractivity contribution in [1.29, 1.82) is 0 Å². The zero-order valence-corrected chi connectivity index (χ0v) is 31.6. The number of furan rings is 1. The van der Waals surface area contributed by atoms with Crippen LogP contribution in [0, 0.1) is 0 Å². The molecule has 0 aliphatic carbocycles. The molecule has 0 aliphatic heterocycles. The van der Waals surface area contributed by atoms with Crippen LogP contribution in [0.5, 0.6) is 0 Å². The third-order valence-corrected chi connectivity index (χ3v) is 14.0. The van der Waals surface area contributed by atoms with E-state index in [1.165, 1.54) is 56.2 Å². The van der Waals surface area contributed by atoms with E-state index in [0.717, 1.165) is 55.1 Å². The Labute approximate surface area is 327 Å². The lowest BCUT2D eigenvalue weighted by Gasteiger charge is -2.26. The van der Waals surface area contributed by atoms with Crippen LogP contribution in [0.1, 0.15) is 0 Å². The first kappa shape index (κ1) is 31.1. The number of hydrogen-bond donors (Lipinski definition) is 0. The average molecular weight is 757 g/mol. The first-order valence-corrected chi connectivity index (χ1v) is 20.7. The molecule has 0 saturated heterocycles. The molecular weight excluding hydrogens is 729 g/mol. The molecule has 0 unspecified atom stereocenters. The van der Waals surface area contributed by atoms with E-state index in [2.05, 4.69) is 163 Å². The second-order valence-electron chi connectivity index (χ2n) is 13.9. The molecule has 6 heteroatoms. The molecule has 12 aromatic rings. The summed E-state index contributed by atoms with van der Waals surface area (Å²) in [5, 5.41) is 8.40. The summed E-state index contributed by atoms with van der Waals surface area (Å²) >= 11 is 5.46. The molecule has 55 heavy (non-hydrogen) atoms. The molecule has 0 amide bonds. The van der Waals surface area contributed by atoms with Gasteiger partial charge in [0.25, 0.3) is 0 Å². The molecule has 4 aromatic heterocycles. The SMILES string of the molecule is c1ccc(-c2nc3c(ccc4sc5ccc(-c6ccc(N(c7ccc8c(c7)sc7ccccc78)c7ccc8oc9ccccc9c8c7)cc6)cc5c43)s2)cc1. The smallest absolute Gasteiger partial charge is 0.135 e. The van der Waals surface area contributed by atoms with Crippen LogP contribution in [0.4, 0.5) is 17.1 Å². The minimum absolute atomic E-state index is 0.891. The van der Waals surface area contributed by atoms with Crippen molar-refractivity contribution < 1.29 is 4.42 Å². The maximum Gasteiger partial charge on any atom is 0.135 e. The highest BCUT2D eigenvalue weighted by Gasteiger charge is 2.19. The van der Waals surface area contributed by atoms with Gasteiger partial charge in [-0.2, -0.15) is 0 Å². The van der Waals surface area contributed by atoms with Crippen LogP contribution in [0.3, 0.4) is 0 Å². The normalized spacial score (nSPS) is 12.0. The van der Waals surface area contributed by atoms with E-state index in [1.807, 2.05) is 34.8 Å². The molecule has 12 rings (SSSR count). The Kier molecular flexibility index (Phi) is 6.84. The van der Waals surface area contributed by atoms with E-state index in [9.17, 15) is 0 Å². The number of thiazole rings is 1. The van der Waals surface area contributed by atoms with E-state index < -0.39 is 0 Å². The van der Waals surface area contributed by atoms with Crippen molar-refractivity contribution in [2.75, 3.05) is 4.90 Å². The average Bonchev–Trinajstić information content (AvgIpc) is 4.02. The van der Waals surface area contributed by atoms with Gasteiger partial charge in [0.1, 0.15) is 16.2 Å². The highest BCUT2D eigenvalue weighted by Crippen LogP contribution is 2.45. The fourth-order valence-corrected chi connectivity index (χ4v) is 11.3. The molecule has 0 fully saturated rings. The molecule has 0 spiro atoms. The summed E-state index contributed by atoms with van der Waals surface area (Å²) in [6, 6.07) is 61.3. The molecule has 4 heterocycles. The summed E-state index contributed by atoms with van der Waals surface area (Å²) in [5.41, 5.74) is 9.71. The number of rotatable bonds is 5. The fourth-order valence-electron chi connectivity index (χ4n) is 8.09. The number of hydrogen-bond acceptors (Lipinski definition) is 6. The molecule has 0 saturated carbocycles. The number of nitrogens with zero attached hydrogens (tertiary/aromatic N) is 2. The van der Waals surface area contributed by atoms with Crippen molar-refractivity contribution in [3.63, 3.8) is 0 Å². The van der Waals surface area contributed by atoms with Gasteiger partial charge < -0.3 is 9.32 Å². The third kappa shape index (κ3) is 4.96. The summed E-state index contributed by atoms with van der Waals surface area (Å²) in [6.45, 7) is 0. The van der Waals surface area contributed by atoms with Crippen LogP contribution in [0.25, 0.3) is 94.2 Å². The predicted molar refractivity (Wildman–Crippen MR) is 238 cm³/mol. The highest BCUT2D eigenvalue weighted by molar-refractivity contribution is 7.26. The van der Waals surface area contributed by atoms with E-state index in [4.69, 9.17) is 9.40 Å². The largest absolute Gasteiger partial charge is 0.456 e. The molecule has 8 aromatic carbocycles. The van der Waals surface area contributed by atoms with Crippen LogP contribution < -0.4 is 4.90 Å². The summed E-state index contributed by atoms with van der Waals surface area (Å²) < 4.78 is 12.6. The van der Waals surface area contributed by atoms with Crippen molar-refractivity contribution in [2.24, 2.45) is 0 Å². The van der Waals surface area contributed by atoms with E-state index in [1.54, 1.807) is 11.3 Å². The first-order valence-electron chi connectivity index (χ1n) is 18.3. The number of anilines is 3. The Morgan fingerprint density at radius 2 is 1.04 bits per heavy atom. The molecule has 0 atom stereocenters. The van der Waals surface area contributed by atoms with Gasteiger partial charge in [-0.1, -0.05) is 91.0 Å². The van der Waals surface area contributed by atoms with Gasteiger partial charge >= 0.3 is 0 Å². The molecule has 0 radical (unpaired) electrons. The molecule has 0 N–H and O–H groups in total. The zero-order chi connectivity index (χ0) is 36.0. The van der Waals surface area contributed by atoms with E-state index in [0.29, 0.717) is 0 Å². The van der Waals surface area contributed by atoms with Crippen LogP contribution in [-0.4, -0.2) is 4.98 Å². The predicted octanol–water partition coefficient (Wildman–Crippen LogP) is 15.7. The van der Waals surface area contributed by atoms with Gasteiger partial charge in [0.15, 0.2) is 0 Å². The lowest BCUT2D eigenvalue weighted by molar-refractivity contribution is 0.669. The maximum absolute atomic E-state index is 6.23. The summed E-state index contributed by atoms with van der Waals surface area (Å²) in [5.74, 6) is 0. The van der Waals surface area contributed by atoms with Gasteiger partial charge in [-0.25, -0.2) is 4.98 Å². The number of para-hydroxylation sites is 1. The van der Waals surface area contributed by atoms with Gasteiger partial charge in [-0.05, 0) is 90.0 Å². The van der Waals surface area contributed by atoms with Crippen molar-refractivity contribution in [3.05, 3.63) is 170 Å². The summed E-state index contributed by atoms with van der Waals surface area (Å²) in [4.78, 5) is 7.57. The topological polar surface area (TPSA) is 29.3 Å². The zero-order valence-electron chi connectivity index (χ0n) is 29.2. The first-order chi connectivity index (χ1) is 27.2. The van der Waals surface area contributed by atoms with Crippen LogP contribution in [0.15, 0.2) is 174 Å². The van der Waals surface area contributed by atoms with Crippen LogP contribution in [0.2, 0.25) is 0 Å². The van der Waals surface area contributed by atoms with Crippen LogP contribution >= 0.6 is 34.0 Å². The number of benzene rings is 8. The molecular formula is C49H28N2OS3. The van der Waals surface area contributed by atoms with Gasteiger partial charge in [0.05, 0.1) is 10.2 Å². The van der Waals surface area contributed by atoms with E-state index >= 15 is 0 Å². The quantitative estimate of drug-likeness (QED) is 0.175. The maximum atomic E-state index is 6.23. The van der Waals surface area contributed by atoms with E-state index in [-0.39, 0.29) is 0 Å². The van der Waals surface area contributed by atoms with Crippen molar-refractivity contribution in [2.45, 2.75) is 0 Å². The summed E-state index contributed by atoms with van der Waals surface area (Å²) in [7, 11) is 0. The third-order valence-electron chi connectivity index (χ3n) is 10.7. The molecule has 3 nitrogen and oxygen atoms in total.